The first-order valence-corrected chi connectivity index (χ1v) is 10.5. The Labute approximate surface area is 182 Å². The van der Waals surface area contributed by atoms with E-state index in [9.17, 15) is 19.2 Å². The van der Waals surface area contributed by atoms with Crippen LogP contribution < -0.4 is 16.0 Å². The second-order valence-corrected chi connectivity index (χ2v) is 8.53. The number of ether oxygens (including phenoxy) is 1. The van der Waals surface area contributed by atoms with Crippen LogP contribution in [-0.2, 0) is 14.3 Å². The highest BCUT2D eigenvalue weighted by atomic mass is 16.6. The maximum atomic E-state index is 12.3. The Morgan fingerprint density at radius 1 is 0.968 bits per heavy atom. The lowest BCUT2D eigenvalue weighted by molar-refractivity contribution is -0.131. The maximum Gasteiger partial charge on any atom is 0.408 e. The molecule has 0 saturated carbocycles. The summed E-state index contributed by atoms with van der Waals surface area (Å²) in [5, 5.41) is 7.88. The normalized spacial score (nSPS) is 14.5. The first kappa shape index (κ1) is 24.2. The van der Waals surface area contributed by atoms with E-state index >= 15 is 0 Å². The number of carbonyl (C=O) groups is 4. The minimum atomic E-state index is -0.631. The van der Waals surface area contributed by atoms with Crippen LogP contribution in [0.5, 0.6) is 0 Å². The number of rotatable bonds is 7. The molecule has 1 saturated heterocycles. The van der Waals surface area contributed by atoms with Crippen LogP contribution in [0, 0.1) is 5.92 Å². The van der Waals surface area contributed by atoms with Gasteiger partial charge in [-0.25, -0.2) is 4.79 Å². The van der Waals surface area contributed by atoms with E-state index in [1.165, 1.54) is 0 Å². The Morgan fingerprint density at radius 2 is 1.61 bits per heavy atom. The summed E-state index contributed by atoms with van der Waals surface area (Å²) < 4.78 is 5.08. The molecule has 1 fully saturated rings. The second-order valence-electron chi connectivity index (χ2n) is 8.53. The predicted molar refractivity (Wildman–Crippen MR) is 115 cm³/mol. The molecule has 9 heteroatoms. The quantitative estimate of drug-likeness (QED) is 0.600. The van der Waals surface area contributed by atoms with E-state index in [0.717, 1.165) is 12.8 Å². The molecule has 0 atom stereocenters. The van der Waals surface area contributed by atoms with Gasteiger partial charge in [0.15, 0.2) is 0 Å². The van der Waals surface area contributed by atoms with Crippen LogP contribution in [0.4, 0.5) is 4.79 Å². The Hall–Kier alpha value is -3.10. The molecule has 1 heterocycles. The van der Waals surface area contributed by atoms with Crippen LogP contribution in [0.3, 0.4) is 0 Å². The summed E-state index contributed by atoms with van der Waals surface area (Å²) in [6.07, 6.45) is 0.893. The maximum absolute atomic E-state index is 12.3. The van der Waals surface area contributed by atoms with Crippen molar-refractivity contribution in [3.8, 4) is 0 Å². The number of hydrogen-bond acceptors (Lipinski definition) is 5. The molecule has 0 bridgehead atoms. The lowest BCUT2D eigenvalue weighted by atomic mass is 9.96. The standard InChI is InChI=1S/C22H32N4O5/c1-22(2,3)31-21(30)25-14-18(27)23-13-16-9-11-26(12-10-16)19(28)15-24-20(29)17-7-5-4-6-8-17/h4-8,16H,9-15H2,1-3H3,(H,23,27)(H,24,29)(H,25,30). The van der Waals surface area contributed by atoms with Gasteiger partial charge in [0.2, 0.25) is 11.8 Å². The Balaban J connectivity index is 1.61. The molecule has 0 aliphatic carbocycles. The zero-order chi connectivity index (χ0) is 22.9. The third-order valence-corrected chi connectivity index (χ3v) is 4.78. The van der Waals surface area contributed by atoms with Crippen molar-refractivity contribution >= 4 is 23.8 Å². The van der Waals surface area contributed by atoms with Gasteiger partial charge < -0.3 is 25.6 Å². The van der Waals surface area contributed by atoms with Crippen molar-refractivity contribution in [1.82, 2.24) is 20.9 Å². The average molecular weight is 433 g/mol. The molecule has 170 valence electrons. The van der Waals surface area contributed by atoms with Crippen molar-refractivity contribution in [3.63, 3.8) is 0 Å². The van der Waals surface area contributed by atoms with Gasteiger partial charge in [-0.1, -0.05) is 18.2 Å². The Kier molecular flexibility index (Phi) is 8.84. The van der Waals surface area contributed by atoms with Crippen LogP contribution >= 0.6 is 0 Å². The van der Waals surface area contributed by atoms with Gasteiger partial charge in [0.1, 0.15) is 5.60 Å². The monoisotopic (exact) mass is 432 g/mol. The number of alkyl carbamates (subject to hydrolysis) is 1. The van der Waals surface area contributed by atoms with E-state index in [1.54, 1.807) is 49.9 Å². The molecular formula is C22H32N4O5. The zero-order valence-corrected chi connectivity index (χ0v) is 18.4. The first-order valence-electron chi connectivity index (χ1n) is 10.5. The van der Waals surface area contributed by atoms with Gasteiger partial charge in [0, 0.05) is 25.2 Å². The molecule has 1 aromatic rings. The van der Waals surface area contributed by atoms with Gasteiger partial charge in [0.25, 0.3) is 5.91 Å². The van der Waals surface area contributed by atoms with Crippen molar-refractivity contribution in [2.24, 2.45) is 5.92 Å². The van der Waals surface area contributed by atoms with Crippen molar-refractivity contribution in [2.45, 2.75) is 39.2 Å². The van der Waals surface area contributed by atoms with Crippen LogP contribution in [-0.4, -0.2) is 67.0 Å². The number of amides is 4. The van der Waals surface area contributed by atoms with Crippen molar-refractivity contribution in [3.05, 3.63) is 35.9 Å². The van der Waals surface area contributed by atoms with Crippen LogP contribution in [0.25, 0.3) is 0 Å². The van der Waals surface area contributed by atoms with E-state index in [4.69, 9.17) is 4.74 Å². The molecule has 1 aromatic carbocycles. The van der Waals surface area contributed by atoms with Crippen LogP contribution in [0.2, 0.25) is 0 Å². The number of nitrogens with one attached hydrogen (secondary N) is 3. The first-order chi connectivity index (χ1) is 14.6. The minimum Gasteiger partial charge on any atom is -0.444 e. The van der Waals surface area contributed by atoms with E-state index in [1.807, 2.05) is 6.07 Å². The molecule has 0 unspecified atom stereocenters. The second kappa shape index (κ2) is 11.3. The SMILES string of the molecule is CC(C)(C)OC(=O)NCC(=O)NCC1CCN(C(=O)CNC(=O)c2ccccc2)CC1. The number of likely N-dealkylation sites (tertiary alicyclic amines) is 1. The summed E-state index contributed by atoms with van der Waals surface area (Å²) in [4.78, 5) is 49.6. The number of benzene rings is 1. The molecule has 9 nitrogen and oxygen atoms in total. The molecular weight excluding hydrogens is 400 g/mol. The molecule has 0 radical (unpaired) electrons. The molecule has 0 spiro atoms. The van der Waals surface area contributed by atoms with Crippen molar-refractivity contribution in [1.29, 1.82) is 0 Å². The summed E-state index contributed by atoms with van der Waals surface area (Å²) >= 11 is 0. The molecule has 3 N–H and O–H groups in total. The van der Waals surface area contributed by atoms with E-state index < -0.39 is 11.7 Å². The summed E-state index contributed by atoms with van der Waals surface area (Å²) in [6.45, 7) is 6.72. The summed E-state index contributed by atoms with van der Waals surface area (Å²) in [5.41, 5.74) is -0.0954. The average Bonchev–Trinajstić information content (AvgIpc) is 2.74. The van der Waals surface area contributed by atoms with Crippen molar-refractivity contribution in [2.75, 3.05) is 32.7 Å². The third kappa shape index (κ3) is 9.06. The van der Waals surface area contributed by atoms with E-state index in [2.05, 4.69) is 16.0 Å². The topological polar surface area (TPSA) is 117 Å². The number of nitrogens with zero attached hydrogens (tertiary/aromatic N) is 1. The minimum absolute atomic E-state index is 0.0362. The summed E-state index contributed by atoms with van der Waals surface area (Å²) in [6, 6.07) is 8.76. The smallest absolute Gasteiger partial charge is 0.408 e. The van der Waals surface area contributed by atoms with Gasteiger partial charge in [-0.3, -0.25) is 14.4 Å². The lowest BCUT2D eigenvalue weighted by Gasteiger charge is -2.32. The molecule has 2 rings (SSSR count). The van der Waals surface area contributed by atoms with Crippen LogP contribution in [0.1, 0.15) is 44.0 Å². The predicted octanol–water partition coefficient (Wildman–Crippen LogP) is 1.30. The highest BCUT2D eigenvalue weighted by Crippen LogP contribution is 2.16. The fraction of sp³-hybridized carbons (Fsp3) is 0.545. The van der Waals surface area contributed by atoms with E-state index in [0.29, 0.717) is 25.2 Å². The molecule has 0 aromatic heterocycles. The van der Waals surface area contributed by atoms with Gasteiger partial charge in [-0.2, -0.15) is 0 Å². The molecule has 1 aliphatic heterocycles. The van der Waals surface area contributed by atoms with Crippen LogP contribution in [0.15, 0.2) is 30.3 Å². The fourth-order valence-corrected chi connectivity index (χ4v) is 3.13. The summed E-state index contributed by atoms with van der Waals surface area (Å²) in [5.74, 6) is -0.415. The Bertz CT molecular complexity index is 768. The van der Waals surface area contributed by atoms with Gasteiger partial charge in [-0.15, -0.1) is 0 Å². The third-order valence-electron chi connectivity index (χ3n) is 4.78. The highest BCUT2D eigenvalue weighted by molar-refractivity contribution is 5.96. The number of hydrogen-bond donors (Lipinski definition) is 3. The lowest BCUT2D eigenvalue weighted by Crippen LogP contribution is -2.46. The van der Waals surface area contributed by atoms with Crippen molar-refractivity contribution < 1.29 is 23.9 Å². The molecule has 31 heavy (non-hydrogen) atoms. The fourth-order valence-electron chi connectivity index (χ4n) is 3.13. The molecule has 1 aliphatic rings. The number of carbonyl (C=O) groups excluding carboxylic acids is 4. The highest BCUT2D eigenvalue weighted by Gasteiger charge is 2.23. The summed E-state index contributed by atoms with van der Waals surface area (Å²) in [7, 11) is 0. The largest absolute Gasteiger partial charge is 0.444 e. The van der Waals surface area contributed by atoms with Gasteiger partial charge >= 0.3 is 6.09 Å². The molecule has 4 amide bonds. The van der Waals surface area contributed by atoms with Gasteiger partial charge in [0.05, 0.1) is 13.1 Å². The zero-order valence-electron chi connectivity index (χ0n) is 18.4. The van der Waals surface area contributed by atoms with E-state index in [-0.39, 0.29) is 36.7 Å². The Morgan fingerprint density at radius 3 is 2.23 bits per heavy atom. The van der Waals surface area contributed by atoms with Gasteiger partial charge in [-0.05, 0) is 51.7 Å². The number of piperidine rings is 1.